The molecule has 0 heterocycles. The Labute approximate surface area is 143 Å². The van der Waals surface area contributed by atoms with Crippen LogP contribution in [0.15, 0.2) is 0 Å². The molecule has 1 saturated carbocycles. The van der Waals surface area contributed by atoms with Gasteiger partial charge in [-0.25, -0.2) is 4.79 Å². The van der Waals surface area contributed by atoms with Gasteiger partial charge >= 0.3 is 6.09 Å². The molecule has 4 nitrogen and oxygen atoms in total. The summed E-state index contributed by atoms with van der Waals surface area (Å²) in [6.07, 6.45) is 4.90. The summed E-state index contributed by atoms with van der Waals surface area (Å²) in [5, 5.41) is 6.77. The number of ether oxygens (including phenoxy) is 1. The van der Waals surface area contributed by atoms with Crippen LogP contribution in [-0.4, -0.2) is 30.3 Å². The first kappa shape index (κ1) is 20.3. The Morgan fingerprint density at radius 2 is 1.74 bits per heavy atom. The molecule has 0 spiro atoms. The van der Waals surface area contributed by atoms with Crippen LogP contribution in [0.2, 0.25) is 0 Å². The van der Waals surface area contributed by atoms with Gasteiger partial charge in [0.1, 0.15) is 5.60 Å². The molecule has 23 heavy (non-hydrogen) atoms. The smallest absolute Gasteiger partial charge is 0.407 e. The number of rotatable bonds is 6. The SMILES string of the molecule is CC(C)C(CNC(=O)OC(C)(C)C)NC1CCCCC1C(C)C. The van der Waals surface area contributed by atoms with E-state index in [4.69, 9.17) is 4.74 Å². The summed E-state index contributed by atoms with van der Waals surface area (Å²) < 4.78 is 5.34. The zero-order chi connectivity index (χ0) is 17.6. The molecule has 3 atom stereocenters. The van der Waals surface area contributed by atoms with E-state index < -0.39 is 5.60 Å². The third-order valence-corrected chi connectivity index (χ3v) is 4.77. The van der Waals surface area contributed by atoms with Crippen molar-refractivity contribution in [2.24, 2.45) is 17.8 Å². The lowest BCUT2D eigenvalue weighted by atomic mass is 9.77. The second kappa shape index (κ2) is 8.91. The van der Waals surface area contributed by atoms with Crippen LogP contribution in [-0.2, 0) is 4.74 Å². The van der Waals surface area contributed by atoms with Crippen molar-refractivity contribution in [2.75, 3.05) is 6.54 Å². The minimum Gasteiger partial charge on any atom is -0.444 e. The van der Waals surface area contributed by atoms with Crippen LogP contribution in [0, 0.1) is 17.8 Å². The Morgan fingerprint density at radius 1 is 1.13 bits per heavy atom. The molecule has 3 unspecified atom stereocenters. The summed E-state index contributed by atoms with van der Waals surface area (Å²) in [4.78, 5) is 11.9. The second-order valence-electron chi connectivity index (χ2n) is 8.70. The highest BCUT2D eigenvalue weighted by Gasteiger charge is 2.30. The van der Waals surface area contributed by atoms with E-state index in [1.54, 1.807) is 0 Å². The van der Waals surface area contributed by atoms with E-state index in [1.165, 1.54) is 25.7 Å². The van der Waals surface area contributed by atoms with Gasteiger partial charge in [-0.15, -0.1) is 0 Å². The molecule has 0 aromatic carbocycles. The molecule has 1 rings (SSSR count). The predicted octanol–water partition coefficient (Wildman–Crippen LogP) is 4.34. The lowest BCUT2D eigenvalue weighted by Crippen LogP contribution is -2.52. The molecule has 0 saturated heterocycles. The first-order valence-electron chi connectivity index (χ1n) is 9.33. The Kier molecular flexibility index (Phi) is 7.85. The average Bonchev–Trinajstić information content (AvgIpc) is 2.41. The molecule has 136 valence electrons. The monoisotopic (exact) mass is 326 g/mol. The molecule has 0 bridgehead atoms. The maximum Gasteiger partial charge on any atom is 0.407 e. The average molecular weight is 327 g/mol. The lowest BCUT2D eigenvalue weighted by molar-refractivity contribution is 0.0515. The fraction of sp³-hybridized carbons (Fsp3) is 0.947. The van der Waals surface area contributed by atoms with Crippen LogP contribution in [0.3, 0.4) is 0 Å². The Hall–Kier alpha value is -0.770. The van der Waals surface area contributed by atoms with Crippen LogP contribution in [0.1, 0.15) is 74.1 Å². The van der Waals surface area contributed by atoms with Crippen LogP contribution < -0.4 is 10.6 Å². The van der Waals surface area contributed by atoms with E-state index in [-0.39, 0.29) is 12.1 Å². The van der Waals surface area contributed by atoms with E-state index in [1.807, 2.05) is 20.8 Å². The van der Waals surface area contributed by atoms with E-state index in [0.717, 1.165) is 5.92 Å². The molecule has 2 N–H and O–H groups in total. The number of nitrogens with one attached hydrogen (secondary N) is 2. The normalized spacial score (nSPS) is 23.9. The third-order valence-electron chi connectivity index (χ3n) is 4.77. The number of carbonyl (C=O) groups is 1. The number of carbonyl (C=O) groups excluding carboxylic acids is 1. The zero-order valence-electron chi connectivity index (χ0n) is 16.2. The molecule has 0 radical (unpaired) electrons. The summed E-state index contributed by atoms with van der Waals surface area (Å²) in [5.41, 5.74) is -0.447. The summed E-state index contributed by atoms with van der Waals surface area (Å²) in [6, 6.07) is 0.850. The summed E-state index contributed by atoms with van der Waals surface area (Å²) in [7, 11) is 0. The minimum absolute atomic E-state index is 0.284. The topological polar surface area (TPSA) is 50.4 Å². The maximum atomic E-state index is 11.9. The fourth-order valence-corrected chi connectivity index (χ4v) is 3.43. The lowest BCUT2D eigenvalue weighted by Gasteiger charge is -2.38. The van der Waals surface area contributed by atoms with Crippen molar-refractivity contribution in [1.29, 1.82) is 0 Å². The van der Waals surface area contributed by atoms with Gasteiger partial charge in [0, 0.05) is 18.6 Å². The van der Waals surface area contributed by atoms with E-state index >= 15 is 0 Å². The molecule has 1 fully saturated rings. The second-order valence-corrected chi connectivity index (χ2v) is 8.70. The maximum absolute atomic E-state index is 11.9. The largest absolute Gasteiger partial charge is 0.444 e. The molecule has 0 aliphatic heterocycles. The number of amides is 1. The van der Waals surface area contributed by atoms with E-state index in [0.29, 0.717) is 24.4 Å². The van der Waals surface area contributed by atoms with Gasteiger partial charge in [0.05, 0.1) is 0 Å². The van der Waals surface area contributed by atoms with Crippen molar-refractivity contribution in [3.63, 3.8) is 0 Å². The fourth-order valence-electron chi connectivity index (χ4n) is 3.43. The molecule has 1 amide bonds. The number of hydrogen-bond acceptors (Lipinski definition) is 3. The van der Waals surface area contributed by atoms with Gasteiger partial charge < -0.3 is 15.4 Å². The summed E-state index contributed by atoms with van der Waals surface area (Å²) >= 11 is 0. The van der Waals surface area contributed by atoms with Crippen LogP contribution in [0.5, 0.6) is 0 Å². The van der Waals surface area contributed by atoms with Gasteiger partial charge in [0.15, 0.2) is 0 Å². The van der Waals surface area contributed by atoms with Gasteiger partial charge in [0.25, 0.3) is 0 Å². The quantitative estimate of drug-likeness (QED) is 0.763. The summed E-state index contributed by atoms with van der Waals surface area (Å²) in [5.74, 6) is 1.92. The molecular weight excluding hydrogens is 288 g/mol. The highest BCUT2D eigenvalue weighted by Crippen LogP contribution is 2.30. The van der Waals surface area contributed by atoms with Crippen molar-refractivity contribution in [1.82, 2.24) is 10.6 Å². The van der Waals surface area contributed by atoms with Crippen molar-refractivity contribution >= 4 is 6.09 Å². The molecular formula is C19H38N2O2. The van der Waals surface area contributed by atoms with Crippen molar-refractivity contribution < 1.29 is 9.53 Å². The molecule has 0 aromatic rings. The Bertz CT molecular complexity index is 361. The van der Waals surface area contributed by atoms with Crippen molar-refractivity contribution in [2.45, 2.75) is 91.8 Å². The van der Waals surface area contributed by atoms with E-state index in [9.17, 15) is 4.79 Å². The summed E-state index contributed by atoms with van der Waals surface area (Å²) in [6.45, 7) is 15.4. The zero-order valence-corrected chi connectivity index (χ0v) is 16.2. The molecule has 1 aliphatic carbocycles. The molecule has 4 heteroatoms. The van der Waals surface area contributed by atoms with Gasteiger partial charge in [-0.3, -0.25) is 0 Å². The first-order chi connectivity index (χ1) is 10.6. The minimum atomic E-state index is -0.447. The third kappa shape index (κ3) is 7.56. The van der Waals surface area contributed by atoms with Crippen molar-refractivity contribution in [3.8, 4) is 0 Å². The predicted molar refractivity (Wildman–Crippen MR) is 96.6 cm³/mol. The number of hydrogen-bond donors (Lipinski definition) is 2. The van der Waals surface area contributed by atoms with Crippen molar-refractivity contribution in [3.05, 3.63) is 0 Å². The first-order valence-corrected chi connectivity index (χ1v) is 9.33. The molecule has 1 aliphatic rings. The van der Waals surface area contributed by atoms with Gasteiger partial charge in [0.2, 0.25) is 0 Å². The van der Waals surface area contributed by atoms with Gasteiger partial charge in [-0.1, -0.05) is 40.5 Å². The van der Waals surface area contributed by atoms with E-state index in [2.05, 4.69) is 38.3 Å². The van der Waals surface area contributed by atoms with Crippen LogP contribution >= 0.6 is 0 Å². The van der Waals surface area contributed by atoms with Crippen LogP contribution in [0.4, 0.5) is 4.79 Å². The standard InChI is InChI=1S/C19H38N2O2/c1-13(2)15-10-8-9-11-16(15)21-17(14(3)4)12-20-18(22)23-19(5,6)7/h13-17,21H,8-12H2,1-7H3,(H,20,22). The van der Waals surface area contributed by atoms with Gasteiger partial charge in [-0.2, -0.15) is 0 Å². The Balaban J connectivity index is 2.55. The molecule has 0 aromatic heterocycles. The van der Waals surface area contributed by atoms with Gasteiger partial charge in [-0.05, 0) is 51.4 Å². The number of alkyl carbamates (subject to hydrolysis) is 1. The van der Waals surface area contributed by atoms with Crippen LogP contribution in [0.25, 0.3) is 0 Å². The highest BCUT2D eigenvalue weighted by atomic mass is 16.6. The highest BCUT2D eigenvalue weighted by molar-refractivity contribution is 5.67. The Morgan fingerprint density at radius 3 is 2.26 bits per heavy atom.